The minimum Gasteiger partial charge on any atom is -0.272 e. The van der Waals surface area contributed by atoms with Gasteiger partial charge in [0.1, 0.15) is 0 Å². The molecule has 1 heterocycles. The molecule has 1 saturated carbocycles. The Morgan fingerprint density at radius 3 is 2.13 bits per heavy atom. The van der Waals surface area contributed by atoms with Crippen LogP contribution in [-0.2, 0) is 9.59 Å². The molecular formula is C11H15NO2S. The SMILES string of the molecule is CSC1CCC(N2C(=O)C=CC2=O)CC1. The van der Waals surface area contributed by atoms with Gasteiger partial charge in [-0.2, -0.15) is 11.8 Å². The summed E-state index contributed by atoms with van der Waals surface area (Å²) in [5, 5.41) is 0.710. The molecular weight excluding hydrogens is 210 g/mol. The number of carbonyl (C=O) groups excluding carboxylic acids is 2. The molecule has 4 heteroatoms. The summed E-state index contributed by atoms with van der Waals surface area (Å²) in [5.41, 5.74) is 0. The Morgan fingerprint density at radius 1 is 1.13 bits per heavy atom. The van der Waals surface area contributed by atoms with E-state index in [-0.39, 0.29) is 17.9 Å². The summed E-state index contributed by atoms with van der Waals surface area (Å²) in [5.74, 6) is -0.264. The first-order valence-electron chi connectivity index (χ1n) is 5.30. The van der Waals surface area contributed by atoms with E-state index in [1.54, 1.807) is 0 Å². The van der Waals surface area contributed by atoms with E-state index < -0.39 is 0 Å². The van der Waals surface area contributed by atoms with E-state index in [9.17, 15) is 9.59 Å². The number of thioether (sulfide) groups is 1. The summed E-state index contributed by atoms with van der Waals surface area (Å²) in [4.78, 5) is 24.3. The third-order valence-corrected chi connectivity index (χ3v) is 4.32. The topological polar surface area (TPSA) is 37.4 Å². The van der Waals surface area contributed by atoms with Crippen molar-refractivity contribution < 1.29 is 9.59 Å². The van der Waals surface area contributed by atoms with Gasteiger partial charge in [0.25, 0.3) is 11.8 Å². The number of nitrogens with zero attached hydrogens (tertiary/aromatic N) is 1. The van der Waals surface area contributed by atoms with Gasteiger partial charge in [0.15, 0.2) is 0 Å². The fraction of sp³-hybridized carbons (Fsp3) is 0.636. The molecule has 0 aromatic heterocycles. The molecule has 0 aromatic carbocycles. The van der Waals surface area contributed by atoms with Crippen molar-refractivity contribution in [2.75, 3.05) is 6.26 Å². The van der Waals surface area contributed by atoms with Crippen LogP contribution in [0.4, 0.5) is 0 Å². The highest BCUT2D eigenvalue weighted by molar-refractivity contribution is 7.99. The van der Waals surface area contributed by atoms with Gasteiger partial charge in [0.2, 0.25) is 0 Å². The Labute approximate surface area is 93.9 Å². The predicted molar refractivity (Wildman–Crippen MR) is 60.6 cm³/mol. The summed E-state index contributed by atoms with van der Waals surface area (Å²) in [6, 6.07) is 0.142. The average molecular weight is 225 g/mol. The fourth-order valence-corrected chi connectivity index (χ4v) is 3.05. The second-order valence-corrected chi connectivity index (χ2v) is 5.18. The van der Waals surface area contributed by atoms with E-state index in [0.717, 1.165) is 25.7 Å². The number of carbonyl (C=O) groups is 2. The van der Waals surface area contributed by atoms with Crippen LogP contribution >= 0.6 is 11.8 Å². The lowest BCUT2D eigenvalue weighted by atomic mass is 9.94. The normalized spacial score (nSPS) is 31.4. The molecule has 0 saturated heterocycles. The standard InChI is InChI=1S/C11H15NO2S/c1-15-9-4-2-8(3-5-9)12-10(13)6-7-11(12)14/h6-9H,2-5H2,1H3. The van der Waals surface area contributed by atoms with Crippen LogP contribution < -0.4 is 0 Å². The van der Waals surface area contributed by atoms with Gasteiger partial charge in [-0.05, 0) is 31.9 Å². The zero-order valence-electron chi connectivity index (χ0n) is 8.81. The molecule has 3 nitrogen and oxygen atoms in total. The Kier molecular flexibility index (Phi) is 3.14. The van der Waals surface area contributed by atoms with Crippen LogP contribution in [0.1, 0.15) is 25.7 Å². The lowest BCUT2D eigenvalue weighted by Gasteiger charge is -2.32. The van der Waals surface area contributed by atoms with Gasteiger partial charge in [-0.1, -0.05) is 0 Å². The van der Waals surface area contributed by atoms with Gasteiger partial charge >= 0.3 is 0 Å². The summed E-state index contributed by atoms with van der Waals surface area (Å²) < 4.78 is 0. The second kappa shape index (κ2) is 4.39. The molecule has 1 aliphatic heterocycles. The first-order chi connectivity index (χ1) is 7.22. The Hall–Kier alpha value is -0.770. The van der Waals surface area contributed by atoms with Crippen LogP contribution in [0, 0.1) is 0 Å². The maximum atomic E-state index is 11.4. The summed E-state index contributed by atoms with van der Waals surface area (Å²) in [7, 11) is 0. The van der Waals surface area contributed by atoms with E-state index in [1.807, 2.05) is 11.8 Å². The van der Waals surface area contributed by atoms with E-state index in [4.69, 9.17) is 0 Å². The van der Waals surface area contributed by atoms with Crippen LogP contribution in [0.15, 0.2) is 12.2 Å². The number of imide groups is 1. The molecule has 2 rings (SSSR count). The first kappa shape index (κ1) is 10.7. The Morgan fingerprint density at radius 2 is 1.67 bits per heavy atom. The molecule has 15 heavy (non-hydrogen) atoms. The number of hydrogen-bond donors (Lipinski definition) is 0. The highest BCUT2D eigenvalue weighted by atomic mass is 32.2. The highest BCUT2D eigenvalue weighted by Crippen LogP contribution is 2.30. The molecule has 0 atom stereocenters. The van der Waals surface area contributed by atoms with E-state index in [1.165, 1.54) is 17.1 Å². The molecule has 0 spiro atoms. The lowest BCUT2D eigenvalue weighted by molar-refractivity contribution is -0.140. The van der Waals surface area contributed by atoms with Crippen molar-refractivity contribution in [3.63, 3.8) is 0 Å². The molecule has 0 radical (unpaired) electrons. The van der Waals surface area contributed by atoms with Crippen molar-refractivity contribution in [3.8, 4) is 0 Å². The monoisotopic (exact) mass is 225 g/mol. The smallest absolute Gasteiger partial charge is 0.253 e. The minimum absolute atomic E-state index is 0.132. The zero-order valence-corrected chi connectivity index (χ0v) is 9.63. The molecule has 0 bridgehead atoms. The molecule has 0 aromatic rings. The molecule has 0 N–H and O–H groups in total. The summed E-state index contributed by atoms with van der Waals surface area (Å²) in [6.45, 7) is 0. The van der Waals surface area contributed by atoms with Gasteiger partial charge in [-0.3, -0.25) is 14.5 Å². The number of hydrogen-bond acceptors (Lipinski definition) is 3. The van der Waals surface area contributed by atoms with Crippen LogP contribution in [0.25, 0.3) is 0 Å². The van der Waals surface area contributed by atoms with Crippen LogP contribution in [0.5, 0.6) is 0 Å². The van der Waals surface area contributed by atoms with Crippen molar-refractivity contribution in [1.82, 2.24) is 4.90 Å². The minimum atomic E-state index is -0.132. The fourth-order valence-electron chi connectivity index (χ4n) is 2.31. The summed E-state index contributed by atoms with van der Waals surface area (Å²) >= 11 is 1.89. The second-order valence-electron chi connectivity index (χ2n) is 4.05. The number of amides is 2. The Balaban J connectivity index is 1.96. The van der Waals surface area contributed by atoms with Crippen molar-refractivity contribution in [2.24, 2.45) is 0 Å². The van der Waals surface area contributed by atoms with Gasteiger partial charge in [0.05, 0.1) is 0 Å². The van der Waals surface area contributed by atoms with Crippen molar-refractivity contribution >= 4 is 23.6 Å². The van der Waals surface area contributed by atoms with Crippen molar-refractivity contribution in [2.45, 2.75) is 37.0 Å². The van der Waals surface area contributed by atoms with Gasteiger partial charge < -0.3 is 0 Å². The maximum absolute atomic E-state index is 11.4. The predicted octanol–water partition coefficient (Wildman–Crippen LogP) is 1.59. The van der Waals surface area contributed by atoms with Gasteiger partial charge in [-0.15, -0.1) is 0 Å². The largest absolute Gasteiger partial charge is 0.272 e. The van der Waals surface area contributed by atoms with E-state index >= 15 is 0 Å². The summed E-state index contributed by atoms with van der Waals surface area (Å²) in [6.07, 6.45) is 9.03. The van der Waals surface area contributed by atoms with Crippen molar-refractivity contribution in [1.29, 1.82) is 0 Å². The quantitative estimate of drug-likeness (QED) is 0.670. The number of rotatable bonds is 2. The zero-order chi connectivity index (χ0) is 10.8. The van der Waals surface area contributed by atoms with Crippen LogP contribution in [0.3, 0.4) is 0 Å². The van der Waals surface area contributed by atoms with Gasteiger partial charge in [-0.25, -0.2) is 0 Å². The molecule has 2 aliphatic rings. The van der Waals surface area contributed by atoms with Crippen LogP contribution in [-0.4, -0.2) is 34.3 Å². The Bertz CT molecular complexity index is 288. The lowest BCUT2D eigenvalue weighted by Crippen LogP contribution is -2.42. The molecule has 2 amide bonds. The third-order valence-electron chi connectivity index (χ3n) is 3.19. The van der Waals surface area contributed by atoms with Crippen LogP contribution in [0.2, 0.25) is 0 Å². The van der Waals surface area contributed by atoms with E-state index in [2.05, 4.69) is 6.26 Å². The van der Waals surface area contributed by atoms with E-state index in [0.29, 0.717) is 5.25 Å². The van der Waals surface area contributed by atoms with Crippen molar-refractivity contribution in [3.05, 3.63) is 12.2 Å². The molecule has 1 aliphatic carbocycles. The third kappa shape index (κ3) is 2.09. The van der Waals surface area contributed by atoms with Gasteiger partial charge in [0, 0.05) is 23.4 Å². The molecule has 0 unspecified atom stereocenters. The highest BCUT2D eigenvalue weighted by Gasteiger charge is 2.33. The average Bonchev–Trinajstić information content (AvgIpc) is 2.59. The molecule has 82 valence electrons. The maximum Gasteiger partial charge on any atom is 0.253 e. The molecule has 1 fully saturated rings. The first-order valence-corrected chi connectivity index (χ1v) is 6.59.